The minimum atomic E-state index is -1.16. The fourth-order valence-corrected chi connectivity index (χ4v) is 4.14. The van der Waals surface area contributed by atoms with Crippen molar-refractivity contribution < 1.29 is 23.4 Å². The molecule has 1 aromatic rings. The third-order valence-corrected chi connectivity index (χ3v) is 5.33. The number of rotatable bonds is 5. The number of fused-ring (bicyclic) bond motifs is 1. The van der Waals surface area contributed by atoms with Crippen LogP contribution >= 0.6 is 0 Å². The van der Waals surface area contributed by atoms with Crippen molar-refractivity contribution in [2.45, 2.75) is 38.0 Å². The predicted octanol–water partition coefficient (Wildman–Crippen LogP) is 2.72. The summed E-state index contributed by atoms with van der Waals surface area (Å²) in [4.78, 5) is 13.1. The number of aromatic carboxylic acids is 1. The molecule has 3 rings (SSSR count). The molecule has 22 heavy (non-hydrogen) atoms. The lowest BCUT2D eigenvalue weighted by molar-refractivity contribution is -0.242. The molecule has 0 aromatic heterocycles. The number of carboxylic acids is 1. The summed E-state index contributed by atoms with van der Waals surface area (Å²) < 4.78 is 32.5. The average molecular weight is 311 g/mol. The first-order chi connectivity index (χ1) is 10.4. The molecule has 1 aliphatic heterocycles. The predicted molar refractivity (Wildman–Crippen MR) is 76.4 cm³/mol. The highest BCUT2D eigenvalue weighted by molar-refractivity contribution is 5.90. The number of alkyl halides is 1. The largest absolute Gasteiger partial charge is 0.491 e. The SMILES string of the molecule is CCC12CC(F)C1N(C)C2COc1cc(F)ccc1C(=O)O. The van der Waals surface area contributed by atoms with Gasteiger partial charge in [-0.1, -0.05) is 6.92 Å². The lowest BCUT2D eigenvalue weighted by Crippen LogP contribution is -2.81. The Balaban J connectivity index is 1.74. The number of likely N-dealkylation sites (tertiary alicyclic amines) is 1. The second-order valence-electron chi connectivity index (χ2n) is 6.19. The molecule has 0 spiro atoms. The van der Waals surface area contributed by atoms with E-state index in [-0.39, 0.29) is 35.4 Å². The van der Waals surface area contributed by atoms with Crippen LogP contribution in [0.3, 0.4) is 0 Å². The van der Waals surface area contributed by atoms with Crippen LogP contribution in [0.1, 0.15) is 30.1 Å². The molecule has 4 atom stereocenters. The Labute approximate surface area is 127 Å². The third-order valence-electron chi connectivity index (χ3n) is 5.33. The van der Waals surface area contributed by atoms with Gasteiger partial charge in [0.25, 0.3) is 0 Å². The number of likely N-dealkylation sites (N-methyl/N-ethyl adjacent to an activating group) is 1. The van der Waals surface area contributed by atoms with E-state index in [2.05, 4.69) is 0 Å². The highest BCUT2D eigenvalue weighted by Gasteiger charge is 2.68. The summed E-state index contributed by atoms with van der Waals surface area (Å²) in [5, 5.41) is 9.12. The molecule has 2 fully saturated rings. The summed E-state index contributed by atoms with van der Waals surface area (Å²) >= 11 is 0. The minimum Gasteiger partial charge on any atom is -0.491 e. The van der Waals surface area contributed by atoms with Crippen molar-refractivity contribution in [2.24, 2.45) is 5.41 Å². The van der Waals surface area contributed by atoms with E-state index in [0.717, 1.165) is 18.6 Å². The number of benzene rings is 1. The van der Waals surface area contributed by atoms with Crippen molar-refractivity contribution in [1.82, 2.24) is 4.90 Å². The maximum atomic E-state index is 13.6. The Hall–Kier alpha value is -1.69. The molecule has 1 saturated heterocycles. The van der Waals surface area contributed by atoms with Crippen molar-refractivity contribution in [3.05, 3.63) is 29.6 Å². The van der Waals surface area contributed by atoms with Crippen molar-refractivity contribution in [3.8, 4) is 5.75 Å². The summed E-state index contributed by atoms with van der Waals surface area (Å²) in [6, 6.07) is 3.32. The first kappa shape index (κ1) is 15.2. The number of ether oxygens (including phenoxy) is 1. The summed E-state index contributed by atoms with van der Waals surface area (Å²) in [6.07, 6.45) is 0.567. The summed E-state index contributed by atoms with van der Waals surface area (Å²) in [5.41, 5.74) is -0.160. The van der Waals surface area contributed by atoms with Gasteiger partial charge in [-0.3, -0.25) is 4.90 Å². The Morgan fingerprint density at radius 3 is 2.86 bits per heavy atom. The van der Waals surface area contributed by atoms with Gasteiger partial charge in [0.1, 0.15) is 29.9 Å². The molecule has 4 nitrogen and oxygen atoms in total. The van der Waals surface area contributed by atoms with Crippen LogP contribution in [0.4, 0.5) is 8.78 Å². The van der Waals surface area contributed by atoms with Crippen LogP contribution < -0.4 is 4.74 Å². The molecule has 1 saturated carbocycles. The highest BCUT2D eigenvalue weighted by Crippen LogP contribution is 2.60. The van der Waals surface area contributed by atoms with E-state index in [4.69, 9.17) is 9.84 Å². The van der Waals surface area contributed by atoms with Gasteiger partial charge in [-0.15, -0.1) is 0 Å². The summed E-state index contributed by atoms with van der Waals surface area (Å²) in [6.45, 7) is 2.26. The van der Waals surface area contributed by atoms with Crippen LogP contribution in [0.2, 0.25) is 0 Å². The van der Waals surface area contributed by atoms with Gasteiger partial charge in [0.2, 0.25) is 0 Å². The quantitative estimate of drug-likeness (QED) is 0.908. The van der Waals surface area contributed by atoms with Crippen LogP contribution in [0.5, 0.6) is 5.75 Å². The van der Waals surface area contributed by atoms with E-state index >= 15 is 0 Å². The van der Waals surface area contributed by atoms with Crippen molar-refractivity contribution in [2.75, 3.05) is 13.7 Å². The molecule has 1 aromatic carbocycles. The lowest BCUT2D eigenvalue weighted by atomic mass is 9.50. The average Bonchev–Trinajstić information content (AvgIpc) is 2.44. The van der Waals surface area contributed by atoms with Gasteiger partial charge in [-0.25, -0.2) is 13.6 Å². The van der Waals surface area contributed by atoms with Crippen LogP contribution in [0, 0.1) is 11.2 Å². The standard InChI is InChI=1S/C16H19F2NO3/c1-3-16-7-11(18)14(16)19(2)13(16)8-22-12-6-9(17)4-5-10(12)15(20)21/h4-6,11,13-14H,3,7-8H2,1-2H3,(H,20,21). The smallest absolute Gasteiger partial charge is 0.339 e. The number of hydrogen-bond acceptors (Lipinski definition) is 3. The molecule has 2 aliphatic rings. The van der Waals surface area contributed by atoms with Crippen molar-refractivity contribution >= 4 is 5.97 Å². The number of halogens is 2. The number of carboxylic acid groups (broad SMARTS) is 1. The molecule has 1 aliphatic carbocycles. The zero-order chi connectivity index (χ0) is 16.1. The van der Waals surface area contributed by atoms with Crippen LogP contribution in [0.25, 0.3) is 0 Å². The van der Waals surface area contributed by atoms with Gasteiger partial charge in [0.15, 0.2) is 0 Å². The van der Waals surface area contributed by atoms with E-state index in [0.29, 0.717) is 6.42 Å². The Kier molecular flexibility index (Phi) is 3.59. The number of piperidine rings is 1. The number of hydrogen-bond donors (Lipinski definition) is 1. The second kappa shape index (κ2) is 5.19. The van der Waals surface area contributed by atoms with Gasteiger partial charge in [-0.05, 0) is 32.0 Å². The first-order valence-corrected chi connectivity index (χ1v) is 7.42. The fourth-order valence-electron chi connectivity index (χ4n) is 4.14. The normalized spacial score (nSPS) is 33.5. The van der Waals surface area contributed by atoms with Crippen LogP contribution in [-0.2, 0) is 0 Å². The molecular formula is C16H19F2NO3. The van der Waals surface area contributed by atoms with E-state index in [1.54, 1.807) is 0 Å². The van der Waals surface area contributed by atoms with Crippen LogP contribution in [0.15, 0.2) is 18.2 Å². The third kappa shape index (κ3) is 2.00. The molecule has 6 heteroatoms. The zero-order valence-corrected chi connectivity index (χ0v) is 12.6. The molecule has 0 radical (unpaired) electrons. The molecular weight excluding hydrogens is 292 g/mol. The Bertz CT molecular complexity index is 609. The Morgan fingerprint density at radius 1 is 1.55 bits per heavy atom. The maximum absolute atomic E-state index is 13.6. The summed E-state index contributed by atoms with van der Waals surface area (Å²) in [5.74, 6) is -1.68. The molecule has 120 valence electrons. The topological polar surface area (TPSA) is 49.8 Å². The molecule has 1 N–H and O–H groups in total. The summed E-state index contributed by atoms with van der Waals surface area (Å²) in [7, 11) is 1.85. The second-order valence-corrected chi connectivity index (χ2v) is 6.19. The highest BCUT2D eigenvalue weighted by atomic mass is 19.1. The zero-order valence-electron chi connectivity index (χ0n) is 12.6. The van der Waals surface area contributed by atoms with Gasteiger partial charge in [-0.2, -0.15) is 0 Å². The Morgan fingerprint density at radius 2 is 2.27 bits per heavy atom. The van der Waals surface area contributed by atoms with Crippen molar-refractivity contribution in [3.63, 3.8) is 0 Å². The molecule has 0 amide bonds. The van der Waals surface area contributed by atoms with E-state index in [1.807, 2.05) is 18.9 Å². The molecule has 4 unspecified atom stereocenters. The fraction of sp³-hybridized carbons (Fsp3) is 0.562. The van der Waals surface area contributed by atoms with Gasteiger partial charge < -0.3 is 9.84 Å². The van der Waals surface area contributed by atoms with E-state index < -0.39 is 18.0 Å². The number of carbonyl (C=O) groups is 1. The van der Waals surface area contributed by atoms with E-state index in [1.165, 1.54) is 6.07 Å². The molecule has 1 heterocycles. The van der Waals surface area contributed by atoms with Gasteiger partial charge in [0, 0.05) is 17.5 Å². The first-order valence-electron chi connectivity index (χ1n) is 7.42. The lowest BCUT2D eigenvalue weighted by Gasteiger charge is -2.70. The molecule has 0 bridgehead atoms. The monoisotopic (exact) mass is 311 g/mol. The minimum absolute atomic E-state index is 0.0201. The van der Waals surface area contributed by atoms with Gasteiger partial charge in [0.05, 0.1) is 6.04 Å². The number of nitrogens with zero attached hydrogens (tertiary/aromatic N) is 1. The van der Waals surface area contributed by atoms with Crippen molar-refractivity contribution in [1.29, 1.82) is 0 Å². The van der Waals surface area contributed by atoms with Gasteiger partial charge >= 0.3 is 5.97 Å². The van der Waals surface area contributed by atoms with Crippen LogP contribution in [-0.4, -0.2) is 47.9 Å². The maximum Gasteiger partial charge on any atom is 0.339 e. The van der Waals surface area contributed by atoms with E-state index in [9.17, 15) is 13.6 Å².